The van der Waals surface area contributed by atoms with Crippen molar-refractivity contribution in [3.63, 3.8) is 0 Å². The zero-order chi connectivity index (χ0) is 17.4. The minimum atomic E-state index is -0.242. The third-order valence-electron chi connectivity index (χ3n) is 4.85. The van der Waals surface area contributed by atoms with Gasteiger partial charge in [0.25, 0.3) is 0 Å². The second kappa shape index (κ2) is 6.37. The molecule has 7 heteroatoms. The number of carbonyl (C=O) groups excluding carboxylic acids is 1. The Hall–Kier alpha value is -2.18. The fourth-order valence-electron chi connectivity index (χ4n) is 3.74. The van der Waals surface area contributed by atoms with Crippen molar-refractivity contribution in [1.29, 1.82) is 0 Å². The van der Waals surface area contributed by atoms with Crippen molar-refractivity contribution in [2.75, 3.05) is 13.1 Å². The lowest BCUT2D eigenvalue weighted by molar-refractivity contribution is -0.134. The summed E-state index contributed by atoms with van der Waals surface area (Å²) in [7, 11) is 0. The summed E-state index contributed by atoms with van der Waals surface area (Å²) in [6.07, 6.45) is 2.00. The van der Waals surface area contributed by atoms with E-state index in [1.165, 1.54) is 0 Å². The zero-order valence-corrected chi connectivity index (χ0v) is 15.0. The maximum absolute atomic E-state index is 13.0. The van der Waals surface area contributed by atoms with Crippen LogP contribution in [-0.4, -0.2) is 43.8 Å². The molecule has 0 saturated carbocycles. The second-order valence-corrected chi connectivity index (χ2v) is 6.69. The highest BCUT2D eigenvalue weighted by atomic mass is 16.5. The van der Waals surface area contributed by atoms with Gasteiger partial charge in [-0.15, -0.1) is 0 Å². The molecular formula is C17H25N5O2. The van der Waals surface area contributed by atoms with Gasteiger partial charge in [-0.25, -0.2) is 9.67 Å². The number of aromatic nitrogens is 4. The van der Waals surface area contributed by atoms with Crippen LogP contribution in [0.25, 0.3) is 0 Å². The first-order valence-corrected chi connectivity index (χ1v) is 8.49. The van der Waals surface area contributed by atoms with Crippen molar-refractivity contribution in [2.24, 2.45) is 0 Å². The molecule has 1 fully saturated rings. The zero-order valence-electron chi connectivity index (χ0n) is 15.0. The average Bonchev–Trinajstić information content (AvgIpc) is 3.07. The minimum absolute atomic E-state index is 0.128. The van der Waals surface area contributed by atoms with Crippen molar-refractivity contribution >= 4 is 5.91 Å². The second-order valence-electron chi connectivity index (χ2n) is 6.69. The summed E-state index contributed by atoms with van der Waals surface area (Å²) in [5.41, 5.74) is 1.71. The van der Waals surface area contributed by atoms with Gasteiger partial charge in [0.1, 0.15) is 17.4 Å². The minimum Gasteiger partial charge on any atom is -0.361 e. The summed E-state index contributed by atoms with van der Waals surface area (Å²) >= 11 is 0. The van der Waals surface area contributed by atoms with Gasteiger partial charge in [0.2, 0.25) is 5.91 Å². The van der Waals surface area contributed by atoms with Gasteiger partial charge in [-0.3, -0.25) is 4.79 Å². The number of rotatable bonds is 3. The highest BCUT2D eigenvalue weighted by molar-refractivity contribution is 5.84. The Morgan fingerprint density at radius 1 is 1.29 bits per heavy atom. The summed E-state index contributed by atoms with van der Waals surface area (Å²) in [6, 6.07) is 0.195. The molecule has 3 heterocycles. The molecule has 1 aliphatic rings. The molecule has 2 aromatic heterocycles. The Kier molecular flexibility index (Phi) is 4.43. The molecule has 2 aromatic rings. The number of likely N-dealkylation sites (tertiary alicyclic amines) is 1. The Morgan fingerprint density at radius 3 is 2.62 bits per heavy atom. The lowest BCUT2D eigenvalue weighted by atomic mass is 9.96. The van der Waals surface area contributed by atoms with Gasteiger partial charge in [0.05, 0.1) is 17.7 Å². The van der Waals surface area contributed by atoms with E-state index in [1.807, 2.05) is 44.2 Å². The van der Waals surface area contributed by atoms with Crippen molar-refractivity contribution < 1.29 is 9.32 Å². The first-order valence-electron chi connectivity index (χ1n) is 8.49. The predicted molar refractivity (Wildman–Crippen MR) is 88.7 cm³/mol. The number of carbonyl (C=O) groups is 1. The van der Waals surface area contributed by atoms with E-state index in [1.54, 1.807) is 0 Å². The fourth-order valence-corrected chi connectivity index (χ4v) is 3.74. The Balaban J connectivity index is 1.77. The molecule has 1 amide bonds. The van der Waals surface area contributed by atoms with E-state index < -0.39 is 0 Å². The smallest absolute Gasteiger partial charge is 0.230 e. The summed E-state index contributed by atoms with van der Waals surface area (Å²) < 4.78 is 7.19. The predicted octanol–water partition coefficient (Wildman–Crippen LogP) is 2.47. The molecule has 3 rings (SSSR count). The first kappa shape index (κ1) is 16.7. The molecule has 1 saturated heterocycles. The van der Waals surface area contributed by atoms with Crippen LogP contribution in [0.2, 0.25) is 0 Å². The van der Waals surface area contributed by atoms with Gasteiger partial charge < -0.3 is 9.42 Å². The summed E-state index contributed by atoms with van der Waals surface area (Å²) in [6.45, 7) is 11.0. The molecular weight excluding hydrogens is 306 g/mol. The van der Waals surface area contributed by atoms with Crippen LogP contribution in [0.3, 0.4) is 0 Å². The summed E-state index contributed by atoms with van der Waals surface area (Å²) in [4.78, 5) is 19.3. The number of aryl methyl sites for hydroxylation is 4. The number of hydrogen-bond donors (Lipinski definition) is 0. The van der Waals surface area contributed by atoms with E-state index in [-0.39, 0.29) is 17.9 Å². The molecule has 0 aromatic carbocycles. The van der Waals surface area contributed by atoms with Gasteiger partial charge >= 0.3 is 0 Å². The number of piperidine rings is 1. The molecule has 7 nitrogen and oxygen atoms in total. The van der Waals surface area contributed by atoms with E-state index in [9.17, 15) is 4.79 Å². The van der Waals surface area contributed by atoms with Crippen molar-refractivity contribution in [1.82, 2.24) is 24.8 Å². The topological polar surface area (TPSA) is 77.0 Å². The van der Waals surface area contributed by atoms with Gasteiger partial charge in [-0.2, -0.15) is 5.10 Å². The Labute approximate surface area is 142 Å². The van der Waals surface area contributed by atoms with E-state index in [0.29, 0.717) is 6.54 Å². The molecule has 2 atom stereocenters. The highest BCUT2D eigenvalue weighted by Gasteiger charge is 2.31. The third kappa shape index (κ3) is 2.95. The monoisotopic (exact) mass is 331 g/mol. The lowest BCUT2D eigenvalue weighted by Gasteiger charge is -2.34. The van der Waals surface area contributed by atoms with E-state index in [0.717, 1.165) is 48.1 Å². The molecule has 2 unspecified atom stereocenters. The Bertz CT molecular complexity index is 729. The van der Waals surface area contributed by atoms with Gasteiger partial charge in [-0.05, 0) is 47.5 Å². The van der Waals surface area contributed by atoms with Crippen LogP contribution in [0, 0.1) is 27.7 Å². The quantitative estimate of drug-likeness (QED) is 0.863. The number of nitrogens with zero attached hydrogens (tertiary/aromatic N) is 5. The lowest BCUT2D eigenvalue weighted by Crippen LogP contribution is -2.43. The van der Waals surface area contributed by atoms with Crippen LogP contribution in [0.5, 0.6) is 0 Å². The highest BCUT2D eigenvalue weighted by Crippen LogP contribution is 2.28. The normalized spacial score (nSPS) is 19.5. The standard InChI is InChI=1S/C17H25N5O2/c1-10(16-11(2)20-24-12(16)3)17(23)21-8-6-7-15(9-21)22-14(5)18-13(4)19-22/h10,15H,6-9H2,1-5H3. The van der Waals surface area contributed by atoms with Crippen molar-refractivity contribution in [2.45, 2.75) is 59.4 Å². The van der Waals surface area contributed by atoms with Crippen LogP contribution in [0.4, 0.5) is 0 Å². The van der Waals surface area contributed by atoms with Crippen LogP contribution < -0.4 is 0 Å². The van der Waals surface area contributed by atoms with Crippen LogP contribution in [0.1, 0.15) is 60.4 Å². The van der Waals surface area contributed by atoms with Crippen molar-refractivity contribution in [3.8, 4) is 0 Å². The average molecular weight is 331 g/mol. The maximum atomic E-state index is 13.0. The SMILES string of the molecule is Cc1nc(C)n(C2CCCN(C(=O)C(C)c3c(C)noc3C)C2)n1. The van der Waals surface area contributed by atoms with E-state index in [2.05, 4.69) is 15.2 Å². The molecule has 0 bridgehead atoms. The molecule has 0 aliphatic carbocycles. The van der Waals surface area contributed by atoms with Crippen molar-refractivity contribution in [3.05, 3.63) is 28.7 Å². The number of amides is 1. The van der Waals surface area contributed by atoms with Crippen LogP contribution >= 0.6 is 0 Å². The van der Waals surface area contributed by atoms with Gasteiger partial charge in [0, 0.05) is 18.7 Å². The first-order chi connectivity index (χ1) is 11.4. The largest absolute Gasteiger partial charge is 0.361 e. The van der Waals surface area contributed by atoms with E-state index in [4.69, 9.17) is 4.52 Å². The summed E-state index contributed by atoms with van der Waals surface area (Å²) in [5, 5.41) is 8.47. The van der Waals surface area contributed by atoms with E-state index >= 15 is 0 Å². The third-order valence-corrected chi connectivity index (χ3v) is 4.85. The van der Waals surface area contributed by atoms with Gasteiger partial charge in [-0.1, -0.05) is 5.16 Å². The molecule has 130 valence electrons. The Morgan fingerprint density at radius 2 is 2.04 bits per heavy atom. The van der Waals surface area contributed by atoms with Crippen LogP contribution in [-0.2, 0) is 4.79 Å². The molecule has 0 spiro atoms. The molecule has 0 N–H and O–H groups in total. The molecule has 1 aliphatic heterocycles. The molecule has 24 heavy (non-hydrogen) atoms. The fraction of sp³-hybridized carbons (Fsp3) is 0.647. The number of hydrogen-bond acceptors (Lipinski definition) is 5. The van der Waals surface area contributed by atoms with Gasteiger partial charge in [0.15, 0.2) is 0 Å². The molecule has 0 radical (unpaired) electrons. The maximum Gasteiger partial charge on any atom is 0.230 e. The van der Waals surface area contributed by atoms with Crippen LogP contribution in [0.15, 0.2) is 4.52 Å². The summed E-state index contributed by atoms with van der Waals surface area (Å²) in [5.74, 6) is 2.30.